The first-order valence-corrected chi connectivity index (χ1v) is 8.20. The van der Waals surface area contributed by atoms with Crippen molar-refractivity contribution in [2.24, 2.45) is 0 Å². The number of hydrogen-bond acceptors (Lipinski definition) is 4. The fraction of sp³-hybridized carbons (Fsp3) is 0.471. The van der Waals surface area contributed by atoms with E-state index < -0.39 is 11.7 Å². The smallest absolute Gasteiger partial charge is 0.410 e. The number of ether oxygens (including phenoxy) is 1. The van der Waals surface area contributed by atoms with E-state index in [4.69, 9.17) is 16.3 Å². The summed E-state index contributed by atoms with van der Waals surface area (Å²) in [6.45, 7) is 6.13. The van der Waals surface area contributed by atoms with Gasteiger partial charge < -0.3 is 9.64 Å². The predicted octanol–water partition coefficient (Wildman–Crippen LogP) is 2.95. The highest BCUT2D eigenvalue weighted by Crippen LogP contribution is 2.30. The summed E-state index contributed by atoms with van der Waals surface area (Å²) in [6.07, 6.45) is 0.114. The molecular weight excluding hydrogens is 332 g/mol. The van der Waals surface area contributed by atoms with Crippen LogP contribution in [0.15, 0.2) is 18.2 Å². The molecule has 0 aromatic heterocycles. The van der Waals surface area contributed by atoms with Gasteiger partial charge in [-0.1, -0.05) is 11.6 Å². The summed E-state index contributed by atoms with van der Waals surface area (Å²) < 4.78 is 5.35. The minimum atomic E-state index is -0.582. The van der Waals surface area contributed by atoms with Crippen LogP contribution in [0, 0.1) is 0 Å². The van der Waals surface area contributed by atoms with Crippen LogP contribution in [0.3, 0.4) is 0 Å². The van der Waals surface area contributed by atoms with Gasteiger partial charge in [0.05, 0.1) is 17.2 Å². The summed E-state index contributed by atoms with van der Waals surface area (Å²) in [5.41, 5.74) is 0.102. The topological polar surface area (TPSA) is 66.9 Å². The van der Waals surface area contributed by atoms with Gasteiger partial charge in [-0.15, -0.1) is 0 Å². The maximum Gasteiger partial charge on any atom is 0.410 e. The highest BCUT2D eigenvalue weighted by atomic mass is 35.5. The largest absolute Gasteiger partial charge is 0.444 e. The number of benzene rings is 1. The minimum absolute atomic E-state index is 0.286. The van der Waals surface area contributed by atoms with Gasteiger partial charge >= 0.3 is 6.09 Å². The predicted molar refractivity (Wildman–Crippen MR) is 88.2 cm³/mol. The second kappa shape index (κ2) is 5.77. The summed E-state index contributed by atoms with van der Waals surface area (Å²) >= 11 is 5.92. The lowest BCUT2D eigenvalue weighted by Gasteiger charge is -2.25. The van der Waals surface area contributed by atoms with Crippen molar-refractivity contribution in [2.45, 2.75) is 38.8 Å². The Morgan fingerprint density at radius 2 is 1.88 bits per heavy atom. The molecule has 2 aliphatic rings. The van der Waals surface area contributed by atoms with Crippen molar-refractivity contribution >= 4 is 29.5 Å². The van der Waals surface area contributed by atoms with Crippen molar-refractivity contribution < 1.29 is 19.1 Å². The molecule has 0 bridgehead atoms. The second-order valence-corrected chi connectivity index (χ2v) is 7.48. The summed E-state index contributed by atoms with van der Waals surface area (Å²) in [4.78, 5) is 40.0. The average Bonchev–Trinajstić information content (AvgIpc) is 3.02. The summed E-state index contributed by atoms with van der Waals surface area (Å²) in [5, 5.41) is 0.415. The number of nitrogens with zero attached hydrogens (tertiary/aromatic N) is 2. The van der Waals surface area contributed by atoms with Gasteiger partial charge in [-0.25, -0.2) is 4.79 Å². The second-order valence-electron chi connectivity index (χ2n) is 7.04. The molecule has 3 amide bonds. The molecule has 24 heavy (non-hydrogen) atoms. The highest BCUT2D eigenvalue weighted by Gasteiger charge is 2.43. The fourth-order valence-electron chi connectivity index (χ4n) is 3.01. The molecule has 0 radical (unpaired) electrons. The van der Waals surface area contributed by atoms with E-state index in [9.17, 15) is 14.4 Å². The van der Waals surface area contributed by atoms with Crippen LogP contribution in [0.2, 0.25) is 5.02 Å². The number of amides is 3. The Bertz CT molecular complexity index is 726. The highest BCUT2D eigenvalue weighted by molar-refractivity contribution is 6.32. The number of likely N-dealkylation sites (tertiary alicyclic amines) is 1. The van der Waals surface area contributed by atoms with Crippen molar-refractivity contribution in [1.29, 1.82) is 0 Å². The Labute approximate surface area is 145 Å². The number of fused-ring (bicyclic) bond motifs is 1. The Morgan fingerprint density at radius 3 is 2.54 bits per heavy atom. The molecule has 0 aliphatic carbocycles. The quantitative estimate of drug-likeness (QED) is 0.730. The van der Waals surface area contributed by atoms with E-state index in [1.165, 1.54) is 15.9 Å². The van der Waals surface area contributed by atoms with Crippen LogP contribution in [-0.2, 0) is 4.74 Å². The van der Waals surface area contributed by atoms with E-state index in [2.05, 4.69) is 0 Å². The summed E-state index contributed by atoms with van der Waals surface area (Å²) in [5.74, 6) is -0.684. The average molecular weight is 351 g/mol. The molecule has 0 spiro atoms. The summed E-state index contributed by atoms with van der Waals surface area (Å²) in [6, 6.07) is 4.33. The van der Waals surface area contributed by atoms with Crippen LogP contribution in [0.25, 0.3) is 0 Å². The summed E-state index contributed by atoms with van der Waals surface area (Å²) in [7, 11) is 0. The number of halogens is 1. The van der Waals surface area contributed by atoms with Crippen LogP contribution in [0.1, 0.15) is 47.9 Å². The molecule has 0 N–H and O–H groups in total. The first kappa shape index (κ1) is 16.8. The van der Waals surface area contributed by atoms with Crippen LogP contribution in [0.4, 0.5) is 4.79 Å². The maximum atomic E-state index is 12.6. The van der Waals surface area contributed by atoms with Crippen LogP contribution in [-0.4, -0.2) is 52.4 Å². The van der Waals surface area contributed by atoms with Gasteiger partial charge in [0.15, 0.2) is 0 Å². The molecule has 0 saturated carbocycles. The normalized spacial score (nSPS) is 20.6. The minimum Gasteiger partial charge on any atom is -0.444 e. The molecule has 6 nitrogen and oxygen atoms in total. The number of rotatable bonds is 1. The number of carbonyl (C=O) groups excluding carboxylic acids is 3. The fourth-order valence-corrected chi connectivity index (χ4v) is 3.18. The molecule has 2 heterocycles. The Kier molecular flexibility index (Phi) is 4.03. The number of imide groups is 1. The van der Waals surface area contributed by atoms with E-state index >= 15 is 0 Å². The standard InChI is InChI=1S/C17H19ClN2O4/c1-17(2,3)24-16(23)19-7-6-11(9-19)20-14(21)12-5-4-10(18)8-13(12)15(20)22/h4-5,8,11H,6-7,9H2,1-3H3/t11-/m1/s1. The van der Waals surface area contributed by atoms with Gasteiger partial charge in [-0.05, 0) is 45.4 Å². The van der Waals surface area contributed by atoms with Gasteiger partial charge in [-0.2, -0.15) is 0 Å². The van der Waals surface area contributed by atoms with Gasteiger partial charge in [0.25, 0.3) is 11.8 Å². The van der Waals surface area contributed by atoms with Gasteiger partial charge in [0, 0.05) is 18.1 Å². The molecule has 3 rings (SSSR count). The van der Waals surface area contributed by atoms with Crippen molar-refractivity contribution in [3.63, 3.8) is 0 Å². The molecule has 0 unspecified atom stereocenters. The number of carbonyl (C=O) groups is 3. The zero-order valence-electron chi connectivity index (χ0n) is 13.8. The molecule has 1 atom stereocenters. The Morgan fingerprint density at radius 1 is 1.21 bits per heavy atom. The number of hydrogen-bond donors (Lipinski definition) is 0. The molecular formula is C17H19ClN2O4. The SMILES string of the molecule is CC(C)(C)OC(=O)N1CC[C@@H](N2C(=O)c3ccc(Cl)cc3C2=O)C1. The third-order valence-corrected chi connectivity index (χ3v) is 4.30. The maximum absolute atomic E-state index is 12.6. The van der Waals surface area contributed by atoms with Gasteiger partial charge in [0.1, 0.15) is 5.60 Å². The van der Waals surface area contributed by atoms with E-state index in [0.717, 1.165) is 0 Å². The van der Waals surface area contributed by atoms with Crippen molar-refractivity contribution in [2.75, 3.05) is 13.1 Å². The van der Waals surface area contributed by atoms with Crippen LogP contribution >= 0.6 is 11.6 Å². The third kappa shape index (κ3) is 2.98. The molecule has 1 aromatic carbocycles. The van der Waals surface area contributed by atoms with E-state index in [1.807, 2.05) is 0 Å². The monoisotopic (exact) mass is 350 g/mol. The molecule has 1 saturated heterocycles. The van der Waals surface area contributed by atoms with E-state index in [0.29, 0.717) is 29.1 Å². The molecule has 1 fully saturated rings. The third-order valence-electron chi connectivity index (χ3n) is 4.06. The first-order valence-electron chi connectivity index (χ1n) is 7.83. The lowest BCUT2D eigenvalue weighted by molar-refractivity contribution is 0.0273. The zero-order chi connectivity index (χ0) is 17.6. The molecule has 7 heteroatoms. The molecule has 128 valence electrons. The van der Waals surface area contributed by atoms with Crippen molar-refractivity contribution in [3.8, 4) is 0 Å². The Balaban J connectivity index is 1.74. The first-order chi connectivity index (χ1) is 11.2. The van der Waals surface area contributed by atoms with Crippen molar-refractivity contribution in [3.05, 3.63) is 34.3 Å². The van der Waals surface area contributed by atoms with E-state index in [-0.39, 0.29) is 24.4 Å². The van der Waals surface area contributed by atoms with Gasteiger partial charge in [-0.3, -0.25) is 14.5 Å². The van der Waals surface area contributed by atoms with Crippen LogP contribution < -0.4 is 0 Å². The van der Waals surface area contributed by atoms with E-state index in [1.54, 1.807) is 32.9 Å². The molecule has 1 aromatic rings. The van der Waals surface area contributed by atoms with Gasteiger partial charge in [0.2, 0.25) is 0 Å². The molecule has 2 aliphatic heterocycles. The lowest BCUT2D eigenvalue weighted by atomic mass is 10.1. The Hall–Kier alpha value is -2.08. The zero-order valence-corrected chi connectivity index (χ0v) is 14.6. The van der Waals surface area contributed by atoms with Crippen molar-refractivity contribution in [1.82, 2.24) is 9.80 Å². The lowest BCUT2D eigenvalue weighted by Crippen LogP contribution is -2.43. The van der Waals surface area contributed by atoms with Crippen LogP contribution in [0.5, 0.6) is 0 Å².